The molecule has 0 aromatic carbocycles. The molecule has 1 heterocycles. The lowest BCUT2D eigenvalue weighted by atomic mass is 10.1. The highest BCUT2D eigenvalue weighted by Gasteiger charge is 2.35. The number of aliphatic hydroxyl groups is 2. The van der Waals surface area contributed by atoms with Crippen molar-refractivity contribution in [3.05, 3.63) is 0 Å². The van der Waals surface area contributed by atoms with Crippen LogP contribution >= 0.6 is 11.6 Å². The Balaban J connectivity index is 2.48. The van der Waals surface area contributed by atoms with Gasteiger partial charge in [0.25, 0.3) is 0 Å². The Morgan fingerprint density at radius 3 is 2.82 bits per heavy atom. The smallest absolute Gasteiger partial charge is 0.186 e. The van der Waals surface area contributed by atoms with Crippen LogP contribution in [-0.2, 0) is 4.74 Å². The maximum absolute atomic E-state index is 12.6. The molecule has 1 saturated heterocycles. The Kier molecular flexibility index (Phi) is 3.06. The third kappa shape index (κ3) is 2.02. The van der Waals surface area contributed by atoms with E-state index in [0.717, 1.165) is 0 Å². The van der Waals surface area contributed by atoms with Gasteiger partial charge in [0.15, 0.2) is 12.5 Å². The molecule has 0 spiro atoms. The quantitative estimate of drug-likeness (QED) is 0.566. The summed E-state index contributed by atoms with van der Waals surface area (Å²) < 4.78 is 17.3. The molecule has 66 valence electrons. The first-order valence-corrected chi connectivity index (χ1v) is 3.81. The van der Waals surface area contributed by atoms with Crippen molar-refractivity contribution in [3.63, 3.8) is 0 Å². The summed E-state index contributed by atoms with van der Waals surface area (Å²) in [7, 11) is 0. The van der Waals surface area contributed by atoms with Crippen LogP contribution in [0.15, 0.2) is 0 Å². The number of aliphatic hydroxyl groups excluding tert-OH is 2. The number of hydrogen-bond donors (Lipinski definition) is 2. The predicted molar refractivity (Wildman–Crippen MR) is 37.1 cm³/mol. The lowest BCUT2D eigenvalue weighted by Crippen LogP contribution is -2.44. The van der Waals surface area contributed by atoms with Gasteiger partial charge in [-0.3, -0.25) is 0 Å². The van der Waals surface area contributed by atoms with Crippen molar-refractivity contribution in [1.29, 1.82) is 0 Å². The van der Waals surface area contributed by atoms with E-state index < -0.39 is 23.9 Å². The molecule has 0 radical (unpaired) electrons. The third-order valence-electron chi connectivity index (χ3n) is 1.66. The van der Waals surface area contributed by atoms with Crippen molar-refractivity contribution in [2.24, 2.45) is 0 Å². The molecule has 1 aliphatic heterocycles. The van der Waals surface area contributed by atoms with Crippen molar-refractivity contribution in [2.45, 2.75) is 30.4 Å². The van der Waals surface area contributed by atoms with E-state index in [1.54, 1.807) is 0 Å². The Labute approximate surface area is 68.7 Å². The van der Waals surface area contributed by atoms with Gasteiger partial charge in [-0.1, -0.05) is 0 Å². The van der Waals surface area contributed by atoms with Crippen LogP contribution in [0.25, 0.3) is 0 Å². The fourth-order valence-electron chi connectivity index (χ4n) is 0.990. The maximum atomic E-state index is 12.6. The van der Waals surface area contributed by atoms with E-state index in [-0.39, 0.29) is 13.0 Å². The molecule has 5 heteroatoms. The Bertz CT molecular complexity index is 135. The molecule has 1 aliphatic rings. The van der Waals surface area contributed by atoms with Crippen LogP contribution in [0.2, 0.25) is 0 Å². The molecular formula is C6H10ClFO3. The minimum absolute atomic E-state index is 0.0218. The van der Waals surface area contributed by atoms with Gasteiger partial charge >= 0.3 is 0 Å². The summed E-state index contributed by atoms with van der Waals surface area (Å²) in [6, 6.07) is 0. The standard InChI is InChI=1S/C6H10ClFO3/c7-3-1-4(8)6(10)11-5(3)2-9/h3-6,9-10H,1-2H2/t3-,4+,5+,6?/m0/s1. The van der Waals surface area contributed by atoms with Gasteiger partial charge in [-0.2, -0.15) is 0 Å². The number of alkyl halides is 2. The summed E-state index contributed by atoms with van der Waals surface area (Å²) in [5.74, 6) is 0. The van der Waals surface area contributed by atoms with Crippen LogP contribution in [0.4, 0.5) is 4.39 Å². The third-order valence-corrected chi connectivity index (χ3v) is 2.12. The highest BCUT2D eigenvalue weighted by atomic mass is 35.5. The van der Waals surface area contributed by atoms with E-state index in [4.69, 9.17) is 21.8 Å². The molecular weight excluding hydrogens is 175 g/mol. The van der Waals surface area contributed by atoms with Crippen LogP contribution in [0.1, 0.15) is 6.42 Å². The average Bonchev–Trinajstić information content (AvgIpc) is 1.97. The molecule has 4 atom stereocenters. The van der Waals surface area contributed by atoms with E-state index in [1.807, 2.05) is 0 Å². The zero-order valence-electron chi connectivity index (χ0n) is 5.78. The monoisotopic (exact) mass is 184 g/mol. The summed E-state index contributed by atoms with van der Waals surface area (Å²) >= 11 is 5.61. The SMILES string of the molecule is OC[C@H]1OC(O)[C@H](F)C[C@@H]1Cl. The molecule has 0 aromatic heterocycles. The van der Waals surface area contributed by atoms with E-state index in [9.17, 15) is 4.39 Å². The van der Waals surface area contributed by atoms with E-state index in [2.05, 4.69) is 4.74 Å². The second kappa shape index (κ2) is 3.67. The van der Waals surface area contributed by atoms with E-state index >= 15 is 0 Å². The molecule has 0 amide bonds. The molecule has 3 nitrogen and oxygen atoms in total. The number of halogens is 2. The van der Waals surface area contributed by atoms with Gasteiger partial charge in [0.2, 0.25) is 0 Å². The highest BCUT2D eigenvalue weighted by Crippen LogP contribution is 2.24. The lowest BCUT2D eigenvalue weighted by molar-refractivity contribution is -0.202. The largest absolute Gasteiger partial charge is 0.394 e. The van der Waals surface area contributed by atoms with Gasteiger partial charge in [-0.25, -0.2) is 4.39 Å². The van der Waals surface area contributed by atoms with Crippen molar-refractivity contribution in [2.75, 3.05) is 6.61 Å². The fourth-order valence-corrected chi connectivity index (χ4v) is 1.30. The summed E-state index contributed by atoms with van der Waals surface area (Å²) in [5, 5.41) is 16.9. The van der Waals surface area contributed by atoms with Gasteiger partial charge in [0.1, 0.15) is 6.10 Å². The number of rotatable bonds is 1. The van der Waals surface area contributed by atoms with Gasteiger partial charge in [0.05, 0.1) is 12.0 Å². The Morgan fingerprint density at radius 2 is 2.27 bits per heavy atom. The van der Waals surface area contributed by atoms with Crippen molar-refractivity contribution in [1.82, 2.24) is 0 Å². The van der Waals surface area contributed by atoms with Crippen molar-refractivity contribution >= 4 is 11.6 Å². The van der Waals surface area contributed by atoms with Gasteiger partial charge in [0, 0.05) is 6.42 Å². The lowest BCUT2D eigenvalue weighted by Gasteiger charge is -2.31. The zero-order chi connectivity index (χ0) is 8.43. The van der Waals surface area contributed by atoms with Crippen LogP contribution in [0, 0.1) is 0 Å². The fraction of sp³-hybridized carbons (Fsp3) is 1.00. The predicted octanol–water partition coefficient (Wildman–Crippen LogP) is 0.0315. The summed E-state index contributed by atoms with van der Waals surface area (Å²) in [4.78, 5) is 0. The van der Waals surface area contributed by atoms with Crippen molar-refractivity contribution < 1.29 is 19.3 Å². The minimum Gasteiger partial charge on any atom is -0.394 e. The van der Waals surface area contributed by atoms with Gasteiger partial charge in [-0.05, 0) is 0 Å². The van der Waals surface area contributed by atoms with Gasteiger partial charge in [-0.15, -0.1) is 11.6 Å². The maximum Gasteiger partial charge on any atom is 0.186 e. The molecule has 1 unspecified atom stereocenters. The van der Waals surface area contributed by atoms with E-state index in [1.165, 1.54) is 0 Å². The topological polar surface area (TPSA) is 49.7 Å². The zero-order valence-corrected chi connectivity index (χ0v) is 6.54. The second-order valence-electron chi connectivity index (χ2n) is 2.52. The normalized spacial score (nSPS) is 45.8. The van der Waals surface area contributed by atoms with Crippen LogP contribution < -0.4 is 0 Å². The Hall–Kier alpha value is 0.100. The summed E-state index contributed by atoms with van der Waals surface area (Å²) in [6.45, 7) is -0.294. The van der Waals surface area contributed by atoms with E-state index in [0.29, 0.717) is 0 Å². The summed E-state index contributed by atoms with van der Waals surface area (Å²) in [5.41, 5.74) is 0. The second-order valence-corrected chi connectivity index (χ2v) is 3.08. The first-order valence-electron chi connectivity index (χ1n) is 3.37. The molecule has 0 saturated carbocycles. The number of hydrogen-bond acceptors (Lipinski definition) is 3. The van der Waals surface area contributed by atoms with Gasteiger partial charge < -0.3 is 14.9 Å². The molecule has 1 rings (SSSR count). The molecule has 11 heavy (non-hydrogen) atoms. The summed E-state index contributed by atoms with van der Waals surface area (Å²) in [6.07, 6.45) is -3.52. The molecule has 2 N–H and O–H groups in total. The van der Waals surface area contributed by atoms with Crippen molar-refractivity contribution in [3.8, 4) is 0 Å². The first kappa shape index (κ1) is 9.19. The highest BCUT2D eigenvalue weighted by molar-refractivity contribution is 6.21. The van der Waals surface area contributed by atoms with Crippen LogP contribution in [0.3, 0.4) is 0 Å². The molecule has 1 fully saturated rings. The average molecular weight is 185 g/mol. The Morgan fingerprint density at radius 1 is 1.64 bits per heavy atom. The minimum atomic E-state index is -1.44. The number of ether oxygens (including phenoxy) is 1. The molecule has 0 aromatic rings. The van der Waals surface area contributed by atoms with Crippen LogP contribution in [0.5, 0.6) is 0 Å². The molecule has 0 bridgehead atoms. The molecule has 0 aliphatic carbocycles. The van der Waals surface area contributed by atoms with Crippen LogP contribution in [-0.4, -0.2) is 40.8 Å². The first-order chi connectivity index (χ1) is 5.15.